The molecule has 6 heteroatoms. The zero-order valence-electron chi connectivity index (χ0n) is 13.9. The van der Waals surface area contributed by atoms with E-state index in [4.69, 9.17) is 4.42 Å². The number of oxazole rings is 1. The molecular formula is C16H28N4O2. The van der Waals surface area contributed by atoms with Crippen molar-refractivity contribution in [1.29, 1.82) is 0 Å². The first-order valence-electron chi connectivity index (χ1n) is 8.26. The van der Waals surface area contributed by atoms with E-state index in [0.717, 1.165) is 44.2 Å². The highest BCUT2D eigenvalue weighted by atomic mass is 16.3. The van der Waals surface area contributed by atoms with E-state index < -0.39 is 0 Å². The molecule has 1 fully saturated rings. The molecule has 124 valence electrons. The molecule has 2 N–H and O–H groups in total. The van der Waals surface area contributed by atoms with E-state index in [-0.39, 0.29) is 6.03 Å². The van der Waals surface area contributed by atoms with Crippen LogP contribution in [0.5, 0.6) is 0 Å². The number of piperidine rings is 1. The zero-order valence-corrected chi connectivity index (χ0v) is 13.9. The lowest BCUT2D eigenvalue weighted by molar-refractivity contribution is 0.163. The molecule has 2 amide bonds. The van der Waals surface area contributed by atoms with E-state index in [1.807, 2.05) is 6.92 Å². The molecule has 0 aliphatic carbocycles. The number of aromatic nitrogens is 1. The van der Waals surface area contributed by atoms with Crippen molar-refractivity contribution >= 4 is 6.03 Å². The van der Waals surface area contributed by atoms with Crippen molar-refractivity contribution in [2.75, 3.05) is 26.2 Å². The van der Waals surface area contributed by atoms with Gasteiger partial charge in [-0.25, -0.2) is 9.78 Å². The monoisotopic (exact) mass is 308 g/mol. The highest BCUT2D eigenvalue weighted by molar-refractivity contribution is 5.73. The molecule has 1 aromatic heterocycles. The topological polar surface area (TPSA) is 70.4 Å². The molecule has 2 rings (SSSR count). The van der Waals surface area contributed by atoms with E-state index in [2.05, 4.69) is 34.4 Å². The van der Waals surface area contributed by atoms with Crippen molar-refractivity contribution in [3.63, 3.8) is 0 Å². The summed E-state index contributed by atoms with van der Waals surface area (Å²) in [7, 11) is 0. The van der Waals surface area contributed by atoms with E-state index in [9.17, 15) is 4.79 Å². The minimum absolute atomic E-state index is 0.0716. The van der Waals surface area contributed by atoms with Gasteiger partial charge in [-0.05, 0) is 32.2 Å². The summed E-state index contributed by atoms with van der Waals surface area (Å²) in [6.07, 6.45) is 4.10. The molecule has 1 aliphatic heterocycles. The molecule has 0 bridgehead atoms. The number of carbonyl (C=O) groups is 1. The smallest absolute Gasteiger partial charge is 0.314 e. The predicted molar refractivity (Wildman–Crippen MR) is 85.7 cm³/mol. The first-order chi connectivity index (χ1) is 10.6. The van der Waals surface area contributed by atoms with Crippen LogP contribution in [0, 0.1) is 5.92 Å². The summed E-state index contributed by atoms with van der Waals surface area (Å²) in [5.41, 5.74) is 1.00. The maximum Gasteiger partial charge on any atom is 0.314 e. The summed E-state index contributed by atoms with van der Waals surface area (Å²) >= 11 is 0. The van der Waals surface area contributed by atoms with Crippen LogP contribution in [0.25, 0.3) is 0 Å². The van der Waals surface area contributed by atoms with Crippen LogP contribution in [-0.2, 0) is 6.54 Å². The standard InChI is InChI=1S/C16H28N4O2/c1-4-17-16(21)18-8-13-6-5-7-20(9-13)10-14-11-22-15(19-14)12(2)3/h11-13H,4-10H2,1-3H3,(H2,17,18,21). The molecule has 0 radical (unpaired) electrons. The molecule has 1 aromatic rings. The molecule has 1 aliphatic rings. The number of carbonyl (C=O) groups excluding carboxylic acids is 1. The third kappa shape index (κ3) is 5.02. The van der Waals surface area contributed by atoms with Crippen LogP contribution in [0.4, 0.5) is 4.79 Å². The summed E-state index contributed by atoms with van der Waals surface area (Å²) in [5, 5.41) is 5.71. The van der Waals surface area contributed by atoms with Crippen LogP contribution in [-0.4, -0.2) is 42.1 Å². The Morgan fingerprint density at radius 2 is 2.32 bits per heavy atom. The van der Waals surface area contributed by atoms with Gasteiger partial charge in [-0.15, -0.1) is 0 Å². The molecule has 2 heterocycles. The Kier molecular flexibility index (Phi) is 6.24. The SMILES string of the molecule is CCNC(=O)NCC1CCCN(Cc2coc(C(C)C)n2)C1. The average Bonchev–Trinajstić information content (AvgIpc) is 2.95. The number of rotatable bonds is 6. The lowest BCUT2D eigenvalue weighted by atomic mass is 9.98. The number of nitrogens with one attached hydrogen (secondary N) is 2. The number of nitrogens with zero attached hydrogens (tertiary/aromatic N) is 2. The Labute approximate surface area is 132 Å². The van der Waals surface area contributed by atoms with E-state index in [1.165, 1.54) is 6.42 Å². The number of urea groups is 1. The van der Waals surface area contributed by atoms with E-state index in [1.54, 1.807) is 6.26 Å². The Hall–Kier alpha value is -1.56. The first kappa shape index (κ1) is 16.8. The number of hydrogen-bond donors (Lipinski definition) is 2. The largest absolute Gasteiger partial charge is 0.448 e. The number of likely N-dealkylation sites (tertiary alicyclic amines) is 1. The van der Waals surface area contributed by atoms with Crippen molar-refractivity contribution in [3.05, 3.63) is 17.8 Å². The van der Waals surface area contributed by atoms with Crippen LogP contribution in [0.1, 0.15) is 51.1 Å². The van der Waals surface area contributed by atoms with Gasteiger partial charge in [0.05, 0.1) is 5.69 Å². The Balaban J connectivity index is 1.78. The molecule has 1 atom stereocenters. The predicted octanol–water partition coefficient (Wildman–Crippen LogP) is 2.33. The lowest BCUT2D eigenvalue weighted by Gasteiger charge is -2.32. The lowest BCUT2D eigenvalue weighted by Crippen LogP contribution is -2.43. The van der Waals surface area contributed by atoms with Crippen LogP contribution < -0.4 is 10.6 Å². The molecule has 0 saturated carbocycles. The van der Waals surface area contributed by atoms with Gasteiger partial charge in [0.15, 0.2) is 5.89 Å². The summed E-state index contributed by atoms with van der Waals surface area (Å²) < 4.78 is 5.50. The molecule has 0 spiro atoms. The van der Waals surface area contributed by atoms with Crippen LogP contribution in [0.3, 0.4) is 0 Å². The summed E-state index contributed by atoms with van der Waals surface area (Å²) in [6, 6.07) is -0.0716. The molecule has 1 saturated heterocycles. The van der Waals surface area contributed by atoms with Gasteiger partial charge in [0.1, 0.15) is 6.26 Å². The van der Waals surface area contributed by atoms with E-state index in [0.29, 0.717) is 18.4 Å². The van der Waals surface area contributed by atoms with Gasteiger partial charge in [0.2, 0.25) is 0 Å². The minimum atomic E-state index is -0.0716. The summed E-state index contributed by atoms with van der Waals surface area (Å²) in [5.74, 6) is 1.64. The fourth-order valence-corrected chi connectivity index (χ4v) is 2.81. The minimum Gasteiger partial charge on any atom is -0.448 e. The molecule has 22 heavy (non-hydrogen) atoms. The maximum atomic E-state index is 11.5. The Morgan fingerprint density at radius 3 is 3.00 bits per heavy atom. The van der Waals surface area contributed by atoms with Gasteiger partial charge in [0.25, 0.3) is 0 Å². The van der Waals surface area contributed by atoms with Gasteiger partial charge >= 0.3 is 6.03 Å². The second kappa shape index (κ2) is 8.17. The Morgan fingerprint density at radius 1 is 1.50 bits per heavy atom. The third-order valence-electron chi connectivity index (χ3n) is 3.94. The van der Waals surface area contributed by atoms with E-state index >= 15 is 0 Å². The van der Waals surface area contributed by atoms with Crippen molar-refractivity contribution < 1.29 is 9.21 Å². The highest BCUT2D eigenvalue weighted by Crippen LogP contribution is 2.19. The number of amides is 2. The second-order valence-corrected chi connectivity index (χ2v) is 6.32. The Bertz CT molecular complexity index is 472. The third-order valence-corrected chi connectivity index (χ3v) is 3.94. The highest BCUT2D eigenvalue weighted by Gasteiger charge is 2.21. The summed E-state index contributed by atoms with van der Waals surface area (Å²) in [4.78, 5) is 18.4. The first-order valence-corrected chi connectivity index (χ1v) is 8.26. The average molecular weight is 308 g/mol. The van der Waals surface area contributed by atoms with Gasteiger partial charge in [0, 0.05) is 32.1 Å². The van der Waals surface area contributed by atoms with Crippen molar-refractivity contribution in [2.45, 2.75) is 46.1 Å². The van der Waals surface area contributed by atoms with Crippen LogP contribution >= 0.6 is 0 Å². The molecular weight excluding hydrogens is 280 g/mol. The molecule has 0 aromatic carbocycles. The second-order valence-electron chi connectivity index (χ2n) is 6.32. The van der Waals surface area contributed by atoms with Crippen LogP contribution in [0.15, 0.2) is 10.7 Å². The van der Waals surface area contributed by atoms with Crippen molar-refractivity contribution in [2.24, 2.45) is 5.92 Å². The molecule has 6 nitrogen and oxygen atoms in total. The molecule has 1 unspecified atom stereocenters. The van der Waals surface area contributed by atoms with Gasteiger partial charge in [-0.3, -0.25) is 4.90 Å². The van der Waals surface area contributed by atoms with Crippen molar-refractivity contribution in [1.82, 2.24) is 20.5 Å². The normalized spacial score (nSPS) is 19.4. The fraction of sp³-hybridized carbons (Fsp3) is 0.750. The summed E-state index contributed by atoms with van der Waals surface area (Å²) in [6.45, 7) is 10.4. The fourth-order valence-electron chi connectivity index (χ4n) is 2.81. The van der Waals surface area contributed by atoms with Crippen molar-refractivity contribution in [3.8, 4) is 0 Å². The maximum absolute atomic E-state index is 11.5. The van der Waals surface area contributed by atoms with Gasteiger partial charge in [-0.1, -0.05) is 13.8 Å². The van der Waals surface area contributed by atoms with Gasteiger partial charge < -0.3 is 15.1 Å². The quantitative estimate of drug-likeness (QED) is 0.846. The van der Waals surface area contributed by atoms with Gasteiger partial charge in [-0.2, -0.15) is 0 Å². The zero-order chi connectivity index (χ0) is 15.9. The van der Waals surface area contributed by atoms with Crippen LogP contribution in [0.2, 0.25) is 0 Å². The number of hydrogen-bond acceptors (Lipinski definition) is 4.